The predicted octanol–water partition coefficient (Wildman–Crippen LogP) is 2.68. The molecule has 2 nitrogen and oxygen atoms in total. The summed E-state index contributed by atoms with van der Waals surface area (Å²) in [6, 6.07) is 8.71. The molecule has 0 bridgehead atoms. The first-order chi connectivity index (χ1) is 7.15. The van der Waals surface area contributed by atoms with Crippen LogP contribution in [0.15, 0.2) is 24.3 Å². The summed E-state index contributed by atoms with van der Waals surface area (Å²) < 4.78 is 5.83. The van der Waals surface area contributed by atoms with E-state index in [2.05, 4.69) is 32.0 Å². The summed E-state index contributed by atoms with van der Waals surface area (Å²) >= 11 is 0. The first kappa shape index (κ1) is 10.5. The lowest BCUT2D eigenvalue weighted by atomic mass is 9.90. The van der Waals surface area contributed by atoms with Gasteiger partial charge in [-0.25, -0.2) is 0 Å². The van der Waals surface area contributed by atoms with Crippen LogP contribution in [0, 0.1) is 0 Å². The van der Waals surface area contributed by atoms with Gasteiger partial charge in [-0.15, -0.1) is 0 Å². The minimum absolute atomic E-state index is 0.336. The monoisotopic (exact) mass is 205 g/mol. The van der Waals surface area contributed by atoms with Crippen molar-refractivity contribution in [2.45, 2.75) is 44.8 Å². The average Bonchev–Trinajstić information content (AvgIpc) is 2.16. The fourth-order valence-electron chi connectivity index (χ4n) is 1.84. The van der Waals surface area contributed by atoms with Gasteiger partial charge in [0.05, 0.1) is 0 Å². The summed E-state index contributed by atoms with van der Waals surface area (Å²) in [7, 11) is 0. The standard InChI is InChI=1S/C13H19NO/c1-9(2)10-4-3-5-12(6-10)15-13-7-11(14)8-13/h3-6,9,11,13H,7-8,14H2,1-2H3. The van der Waals surface area contributed by atoms with Gasteiger partial charge >= 0.3 is 0 Å². The molecule has 0 amide bonds. The van der Waals surface area contributed by atoms with E-state index in [-0.39, 0.29) is 0 Å². The highest BCUT2D eigenvalue weighted by atomic mass is 16.5. The van der Waals surface area contributed by atoms with Gasteiger partial charge in [0.15, 0.2) is 0 Å². The molecule has 0 aliphatic heterocycles. The molecule has 15 heavy (non-hydrogen) atoms. The van der Waals surface area contributed by atoms with Gasteiger partial charge in [0, 0.05) is 6.04 Å². The highest BCUT2D eigenvalue weighted by molar-refractivity contribution is 5.30. The summed E-state index contributed by atoms with van der Waals surface area (Å²) in [6.07, 6.45) is 2.32. The van der Waals surface area contributed by atoms with Gasteiger partial charge in [0.1, 0.15) is 11.9 Å². The van der Waals surface area contributed by atoms with Gasteiger partial charge in [-0.05, 0) is 36.5 Å². The second-order valence-electron chi connectivity index (χ2n) is 4.70. The predicted molar refractivity (Wildman–Crippen MR) is 62.2 cm³/mol. The lowest BCUT2D eigenvalue weighted by Gasteiger charge is -2.32. The maximum absolute atomic E-state index is 5.83. The quantitative estimate of drug-likeness (QED) is 0.823. The molecule has 0 spiro atoms. The summed E-state index contributed by atoms with van der Waals surface area (Å²) in [4.78, 5) is 0. The Labute approximate surface area is 91.4 Å². The third-order valence-electron chi connectivity index (χ3n) is 2.96. The van der Waals surface area contributed by atoms with Crippen LogP contribution >= 0.6 is 0 Å². The Morgan fingerprint density at radius 1 is 1.33 bits per heavy atom. The molecule has 1 saturated carbocycles. The number of hydrogen-bond donors (Lipinski definition) is 1. The van der Waals surface area contributed by atoms with E-state index in [9.17, 15) is 0 Å². The van der Waals surface area contributed by atoms with Crippen molar-refractivity contribution in [3.63, 3.8) is 0 Å². The normalized spacial score (nSPS) is 25.1. The molecule has 2 rings (SSSR count). The van der Waals surface area contributed by atoms with Crippen LogP contribution in [0.2, 0.25) is 0 Å². The second-order valence-corrected chi connectivity index (χ2v) is 4.70. The molecular weight excluding hydrogens is 186 g/mol. The molecule has 0 unspecified atom stereocenters. The third kappa shape index (κ3) is 2.51. The highest BCUT2D eigenvalue weighted by Crippen LogP contribution is 2.26. The molecule has 82 valence electrons. The van der Waals surface area contributed by atoms with E-state index >= 15 is 0 Å². The molecule has 2 heteroatoms. The Bertz CT molecular complexity index is 329. The van der Waals surface area contributed by atoms with Crippen LogP contribution in [0.4, 0.5) is 0 Å². The molecule has 0 radical (unpaired) electrons. The zero-order chi connectivity index (χ0) is 10.8. The molecule has 1 aliphatic carbocycles. The topological polar surface area (TPSA) is 35.2 Å². The van der Waals surface area contributed by atoms with Gasteiger partial charge in [-0.1, -0.05) is 26.0 Å². The highest BCUT2D eigenvalue weighted by Gasteiger charge is 2.27. The molecule has 0 heterocycles. The average molecular weight is 205 g/mol. The molecular formula is C13H19NO. The number of rotatable bonds is 3. The Kier molecular flexibility index (Phi) is 2.96. The van der Waals surface area contributed by atoms with Crippen LogP contribution in [-0.4, -0.2) is 12.1 Å². The van der Waals surface area contributed by atoms with E-state index in [4.69, 9.17) is 10.5 Å². The van der Waals surface area contributed by atoms with Gasteiger partial charge in [0.25, 0.3) is 0 Å². The van der Waals surface area contributed by atoms with Crippen molar-refractivity contribution >= 4 is 0 Å². The van der Waals surface area contributed by atoms with Crippen LogP contribution < -0.4 is 10.5 Å². The molecule has 1 aliphatic rings. The van der Waals surface area contributed by atoms with E-state index < -0.39 is 0 Å². The zero-order valence-electron chi connectivity index (χ0n) is 9.44. The van der Waals surface area contributed by atoms with Gasteiger partial charge in [0.2, 0.25) is 0 Å². The van der Waals surface area contributed by atoms with Crippen LogP contribution in [0.1, 0.15) is 38.2 Å². The van der Waals surface area contributed by atoms with Crippen LogP contribution in [0.3, 0.4) is 0 Å². The van der Waals surface area contributed by atoms with Crippen molar-refractivity contribution in [2.75, 3.05) is 0 Å². The first-order valence-corrected chi connectivity index (χ1v) is 5.67. The van der Waals surface area contributed by atoms with Crippen LogP contribution in [0.5, 0.6) is 5.75 Å². The maximum atomic E-state index is 5.83. The molecule has 1 aromatic rings. The Balaban J connectivity index is 1.99. The van der Waals surface area contributed by atoms with Gasteiger partial charge < -0.3 is 10.5 Å². The van der Waals surface area contributed by atoms with Crippen molar-refractivity contribution in [1.82, 2.24) is 0 Å². The lowest BCUT2D eigenvalue weighted by molar-refractivity contribution is 0.101. The van der Waals surface area contributed by atoms with E-state index in [1.807, 2.05) is 6.07 Å². The smallest absolute Gasteiger partial charge is 0.120 e. The molecule has 0 saturated heterocycles. The number of hydrogen-bond acceptors (Lipinski definition) is 2. The fourth-order valence-corrected chi connectivity index (χ4v) is 1.84. The molecule has 1 fully saturated rings. The van der Waals surface area contributed by atoms with E-state index in [0.717, 1.165) is 18.6 Å². The van der Waals surface area contributed by atoms with Crippen LogP contribution in [-0.2, 0) is 0 Å². The van der Waals surface area contributed by atoms with Crippen molar-refractivity contribution < 1.29 is 4.74 Å². The molecule has 2 N–H and O–H groups in total. The summed E-state index contributed by atoms with van der Waals surface area (Å²) in [6.45, 7) is 4.39. The Hall–Kier alpha value is -1.02. The largest absolute Gasteiger partial charge is 0.490 e. The molecule has 1 aromatic carbocycles. The molecule has 0 atom stereocenters. The van der Waals surface area contributed by atoms with E-state index in [1.165, 1.54) is 5.56 Å². The number of nitrogens with two attached hydrogens (primary N) is 1. The summed E-state index contributed by atoms with van der Waals surface area (Å²) in [5, 5.41) is 0. The van der Waals surface area contributed by atoms with Crippen molar-refractivity contribution in [3.05, 3.63) is 29.8 Å². The van der Waals surface area contributed by atoms with Crippen molar-refractivity contribution in [1.29, 1.82) is 0 Å². The van der Waals surface area contributed by atoms with E-state index in [0.29, 0.717) is 18.1 Å². The maximum Gasteiger partial charge on any atom is 0.120 e. The Morgan fingerprint density at radius 2 is 2.07 bits per heavy atom. The summed E-state index contributed by atoms with van der Waals surface area (Å²) in [5.74, 6) is 1.54. The minimum Gasteiger partial charge on any atom is -0.490 e. The first-order valence-electron chi connectivity index (χ1n) is 5.67. The van der Waals surface area contributed by atoms with Crippen molar-refractivity contribution in [3.8, 4) is 5.75 Å². The van der Waals surface area contributed by atoms with Gasteiger partial charge in [-0.2, -0.15) is 0 Å². The van der Waals surface area contributed by atoms with Crippen molar-refractivity contribution in [2.24, 2.45) is 5.73 Å². The second kappa shape index (κ2) is 4.23. The zero-order valence-corrected chi connectivity index (χ0v) is 9.44. The lowest BCUT2D eigenvalue weighted by Crippen LogP contribution is -2.43. The number of ether oxygens (including phenoxy) is 1. The van der Waals surface area contributed by atoms with Gasteiger partial charge in [-0.3, -0.25) is 0 Å². The minimum atomic E-state index is 0.336. The van der Waals surface area contributed by atoms with Crippen LogP contribution in [0.25, 0.3) is 0 Å². The summed E-state index contributed by atoms with van der Waals surface area (Å²) in [5.41, 5.74) is 7.05. The Morgan fingerprint density at radius 3 is 2.67 bits per heavy atom. The van der Waals surface area contributed by atoms with E-state index in [1.54, 1.807) is 0 Å². The molecule has 0 aromatic heterocycles. The SMILES string of the molecule is CC(C)c1cccc(OC2CC(N)C2)c1. The number of benzene rings is 1. The fraction of sp³-hybridized carbons (Fsp3) is 0.538. The third-order valence-corrected chi connectivity index (χ3v) is 2.96.